The van der Waals surface area contributed by atoms with E-state index in [0.29, 0.717) is 12.6 Å². The molecular formula is C13H22N2O. The predicted molar refractivity (Wildman–Crippen MR) is 63.0 cm³/mol. The molecule has 0 radical (unpaired) electrons. The van der Waals surface area contributed by atoms with Gasteiger partial charge < -0.3 is 4.74 Å². The first-order valence-corrected chi connectivity index (χ1v) is 6.48. The number of nitriles is 1. The van der Waals surface area contributed by atoms with Gasteiger partial charge in [-0.2, -0.15) is 5.26 Å². The lowest BCUT2D eigenvalue weighted by atomic mass is 10.1. The smallest absolute Gasteiger partial charge is 0.127 e. The molecule has 3 nitrogen and oxygen atoms in total. The normalized spacial score (nSPS) is 25.2. The Morgan fingerprint density at radius 2 is 2.00 bits per heavy atom. The highest BCUT2D eigenvalue weighted by atomic mass is 16.5. The van der Waals surface area contributed by atoms with Gasteiger partial charge in [0, 0.05) is 12.6 Å². The van der Waals surface area contributed by atoms with Gasteiger partial charge in [0.05, 0.1) is 12.7 Å². The molecule has 2 fully saturated rings. The molecule has 0 aromatic rings. The summed E-state index contributed by atoms with van der Waals surface area (Å²) in [5.41, 5.74) is -0.486. The van der Waals surface area contributed by atoms with Gasteiger partial charge in [0.25, 0.3) is 0 Å². The summed E-state index contributed by atoms with van der Waals surface area (Å²) in [5, 5.41) is 12.5. The van der Waals surface area contributed by atoms with Crippen LogP contribution in [0.5, 0.6) is 0 Å². The van der Waals surface area contributed by atoms with E-state index in [1.165, 1.54) is 38.5 Å². The second-order valence-electron chi connectivity index (χ2n) is 5.53. The van der Waals surface area contributed by atoms with Crippen LogP contribution < -0.4 is 5.32 Å². The van der Waals surface area contributed by atoms with Gasteiger partial charge in [-0.05, 0) is 38.5 Å². The molecule has 0 amide bonds. The molecule has 1 N–H and O–H groups in total. The van der Waals surface area contributed by atoms with Crippen LogP contribution in [-0.4, -0.2) is 24.8 Å². The number of ether oxygens (including phenoxy) is 1. The van der Waals surface area contributed by atoms with Gasteiger partial charge in [0.1, 0.15) is 5.54 Å². The van der Waals surface area contributed by atoms with E-state index in [4.69, 9.17) is 10.00 Å². The molecule has 2 rings (SSSR count). The van der Waals surface area contributed by atoms with Crippen molar-refractivity contribution in [2.45, 2.75) is 57.0 Å². The molecule has 0 aromatic carbocycles. The van der Waals surface area contributed by atoms with E-state index in [0.717, 1.165) is 12.5 Å². The van der Waals surface area contributed by atoms with Crippen LogP contribution >= 0.6 is 0 Å². The molecular weight excluding hydrogens is 200 g/mol. The lowest BCUT2D eigenvalue weighted by Gasteiger charge is -2.23. The summed E-state index contributed by atoms with van der Waals surface area (Å²) in [6, 6.07) is 2.89. The van der Waals surface area contributed by atoms with E-state index in [1.807, 2.05) is 6.92 Å². The molecule has 2 saturated carbocycles. The maximum absolute atomic E-state index is 9.16. The van der Waals surface area contributed by atoms with Gasteiger partial charge in [-0.15, -0.1) is 0 Å². The Balaban J connectivity index is 1.67. The van der Waals surface area contributed by atoms with Crippen molar-refractivity contribution in [3.63, 3.8) is 0 Å². The molecule has 16 heavy (non-hydrogen) atoms. The Bertz CT molecular complexity index is 264. The predicted octanol–water partition coefficient (Wildman–Crippen LogP) is 2.23. The third-order valence-corrected chi connectivity index (χ3v) is 3.57. The van der Waals surface area contributed by atoms with E-state index in [-0.39, 0.29) is 0 Å². The summed E-state index contributed by atoms with van der Waals surface area (Å²) in [7, 11) is 0. The minimum Gasteiger partial charge on any atom is -0.378 e. The van der Waals surface area contributed by atoms with Crippen LogP contribution in [0.2, 0.25) is 0 Å². The van der Waals surface area contributed by atoms with Crippen LogP contribution in [0.1, 0.15) is 45.4 Å². The minimum absolute atomic E-state index is 0.486. The molecule has 0 bridgehead atoms. The Labute approximate surface area is 98.2 Å². The Morgan fingerprint density at radius 3 is 2.56 bits per heavy atom. The maximum Gasteiger partial charge on any atom is 0.127 e. The van der Waals surface area contributed by atoms with Gasteiger partial charge in [-0.25, -0.2) is 0 Å². The van der Waals surface area contributed by atoms with E-state index >= 15 is 0 Å². The van der Waals surface area contributed by atoms with Crippen molar-refractivity contribution in [3.8, 4) is 6.07 Å². The molecule has 0 spiro atoms. The lowest BCUT2D eigenvalue weighted by Crippen LogP contribution is -2.46. The Morgan fingerprint density at radius 1 is 1.31 bits per heavy atom. The number of hydrogen-bond donors (Lipinski definition) is 1. The molecule has 3 heteroatoms. The summed E-state index contributed by atoms with van der Waals surface area (Å²) < 4.78 is 5.72. The highest BCUT2D eigenvalue weighted by molar-refractivity contribution is 5.07. The number of nitrogens with one attached hydrogen (secondary N) is 1. The maximum atomic E-state index is 9.16. The van der Waals surface area contributed by atoms with Crippen LogP contribution in [0.25, 0.3) is 0 Å². The van der Waals surface area contributed by atoms with Gasteiger partial charge in [-0.3, -0.25) is 5.32 Å². The monoisotopic (exact) mass is 222 g/mol. The van der Waals surface area contributed by atoms with Crippen molar-refractivity contribution >= 4 is 0 Å². The number of rotatable bonds is 6. The van der Waals surface area contributed by atoms with Crippen molar-refractivity contribution in [1.82, 2.24) is 5.32 Å². The lowest BCUT2D eigenvalue weighted by molar-refractivity contribution is 0.0692. The van der Waals surface area contributed by atoms with Crippen LogP contribution in [0.3, 0.4) is 0 Å². The Hall–Kier alpha value is -0.590. The zero-order valence-corrected chi connectivity index (χ0v) is 10.2. The molecule has 1 unspecified atom stereocenters. The van der Waals surface area contributed by atoms with Crippen LogP contribution in [0.15, 0.2) is 0 Å². The molecule has 2 aliphatic rings. The van der Waals surface area contributed by atoms with E-state index in [9.17, 15) is 0 Å². The fraction of sp³-hybridized carbons (Fsp3) is 0.923. The van der Waals surface area contributed by atoms with Crippen molar-refractivity contribution in [2.75, 3.05) is 13.2 Å². The van der Waals surface area contributed by atoms with Crippen molar-refractivity contribution in [1.29, 1.82) is 5.26 Å². The van der Waals surface area contributed by atoms with E-state index < -0.39 is 5.54 Å². The largest absolute Gasteiger partial charge is 0.378 e. The molecule has 1 atom stereocenters. The fourth-order valence-electron chi connectivity index (χ4n) is 2.39. The average Bonchev–Trinajstić information content (AvgIpc) is 2.92. The van der Waals surface area contributed by atoms with Gasteiger partial charge in [-0.1, -0.05) is 12.8 Å². The second-order valence-corrected chi connectivity index (χ2v) is 5.53. The molecule has 0 heterocycles. The standard InChI is InChI=1S/C13H22N2O/c1-13(9-14,15-12-6-7-12)10-16-8-11-4-2-3-5-11/h11-12,15H,2-8,10H2,1H3. The second kappa shape index (κ2) is 5.16. The van der Waals surface area contributed by atoms with Gasteiger partial charge in [0.2, 0.25) is 0 Å². The zero-order chi connectivity index (χ0) is 11.4. The molecule has 0 saturated heterocycles. The van der Waals surface area contributed by atoms with Crippen LogP contribution in [-0.2, 0) is 4.74 Å². The molecule has 2 aliphatic carbocycles. The Kier molecular flexibility index (Phi) is 3.83. The summed E-state index contributed by atoms with van der Waals surface area (Å²) in [6.45, 7) is 3.31. The summed E-state index contributed by atoms with van der Waals surface area (Å²) in [4.78, 5) is 0. The molecule has 90 valence electrons. The van der Waals surface area contributed by atoms with Crippen molar-refractivity contribution < 1.29 is 4.74 Å². The summed E-state index contributed by atoms with van der Waals surface area (Å²) >= 11 is 0. The third kappa shape index (κ3) is 3.47. The quantitative estimate of drug-likeness (QED) is 0.749. The SMILES string of the molecule is CC(C#N)(COCC1CCCC1)NC1CC1. The fourth-order valence-corrected chi connectivity index (χ4v) is 2.39. The van der Waals surface area contributed by atoms with Crippen molar-refractivity contribution in [2.24, 2.45) is 5.92 Å². The summed E-state index contributed by atoms with van der Waals surface area (Å²) in [6.07, 6.45) is 7.73. The van der Waals surface area contributed by atoms with Gasteiger partial charge in [0.15, 0.2) is 0 Å². The first kappa shape index (κ1) is 11.9. The first-order chi connectivity index (χ1) is 7.72. The van der Waals surface area contributed by atoms with Crippen LogP contribution in [0.4, 0.5) is 0 Å². The summed E-state index contributed by atoms with van der Waals surface area (Å²) in [5.74, 6) is 0.740. The van der Waals surface area contributed by atoms with Gasteiger partial charge >= 0.3 is 0 Å². The topological polar surface area (TPSA) is 45.0 Å². The highest BCUT2D eigenvalue weighted by Crippen LogP contribution is 2.26. The highest BCUT2D eigenvalue weighted by Gasteiger charge is 2.32. The molecule has 0 aliphatic heterocycles. The van der Waals surface area contributed by atoms with Crippen molar-refractivity contribution in [3.05, 3.63) is 0 Å². The van der Waals surface area contributed by atoms with E-state index in [1.54, 1.807) is 0 Å². The van der Waals surface area contributed by atoms with E-state index in [2.05, 4.69) is 11.4 Å². The minimum atomic E-state index is -0.486. The first-order valence-electron chi connectivity index (χ1n) is 6.48. The molecule has 0 aromatic heterocycles. The zero-order valence-electron chi connectivity index (χ0n) is 10.2. The number of nitrogens with zero attached hydrogens (tertiary/aromatic N) is 1. The number of hydrogen-bond acceptors (Lipinski definition) is 3. The average molecular weight is 222 g/mol. The van der Waals surface area contributed by atoms with Crippen LogP contribution in [0, 0.1) is 17.2 Å². The third-order valence-electron chi connectivity index (χ3n) is 3.57.